The first-order chi connectivity index (χ1) is 22.4. The zero-order valence-electron chi connectivity index (χ0n) is 29.1. The SMILES string of the molecule is CC(C)[C@H](CNC(=O)OCc1ccccc1)NC(=O)N[C@H](C(=O)N1C[C@H]2[C@@H]([C@H]1C(=O)NC(CC1CC1)C(=O)C(N)=O)C2(C)C)C(C)(C)C. The van der Waals surface area contributed by atoms with Gasteiger partial charge in [0, 0.05) is 13.1 Å². The third-order valence-electron chi connectivity index (χ3n) is 10.1. The van der Waals surface area contributed by atoms with Gasteiger partial charge in [-0.05, 0) is 46.5 Å². The lowest BCUT2D eigenvalue weighted by atomic mass is 9.85. The van der Waals surface area contributed by atoms with Gasteiger partial charge in [-0.3, -0.25) is 19.2 Å². The Morgan fingerprint density at radius 1 is 1.00 bits per heavy atom. The minimum Gasteiger partial charge on any atom is -0.445 e. The number of nitrogens with zero attached hydrogens (tertiary/aromatic N) is 1. The first kappa shape index (κ1) is 36.7. The van der Waals surface area contributed by atoms with Crippen molar-refractivity contribution in [3.05, 3.63) is 35.9 Å². The van der Waals surface area contributed by atoms with Gasteiger partial charge in [-0.2, -0.15) is 0 Å². The highest BCUT2D eigenvalue weighted by Crippen LogP contribution is 2.65. The molecule has 0 radical (unpaired) electrons. The maximum absolute atomic E-state index is 14.2. The first-order valence-electron chi connectivity index (χ1n) is 16.9. The summed E-state index contributed by atoms with van der Waals surface area (Å²) in [4.78, 5) is 79.7. The molecule has 0 spiro atoms. The van der Waals surface area contributed by atoms with Gasteiger partial charge < -0.3 is 36.6 Å². The van der Waals surface area contributed by atoms with Crippen LogP contribution in [0.25, 0.3) is 0 Å². The molecule has 2 saturated carbocycles. The summed E-state index contributed by atoms with van der Waals surface area (Å²) in [6.45, 7) is 13.9. The fraction of sp³-hybridized carbons (Fsp3) is 0.657. The Bertz CT molecular complexity index is 1390. The number of primary amides is 1. The van der Waals surface area contributed by atoms with Gasteiger partial charge in [0.05, 0.1) is 12.1 Å². The fourth-order valence-corrected chi connectivity index (χ4v) is 6.74. The Kier molecular flexibility index (Phi) is 11.1. The van der Waals surface area contributed by atoms with E-state index in [4.69, 9.17) is 10.5 Å². The van der Waals surface area contributed by atoms with Crippen molar-refractivity contribution in [1.29, 1.82) is 0 Å². The molecule has 1 aromatic carbocycles. The van der Waals surface area contributed by atoms with E-state index in [1.807, 2.05) is 78.8 Å². The van der Waals surface area contributed by atoms with Crippen LogP contribution in [0.3, 0.4) is 0 Å². The third kappa shape index (κ3) is 8.84. The number of carbonyl (C=O) groups excluding carboxylic acids is 6. The number of ether oxygens (including phenoxy) is 1. The van der Waals surface area contributed by atoms with Crippen molar-refractivity contribution in [2.45, 2.75) is 98.5 Å². The van der Waals surface area contributed by atoms with Crippen LogP contribution in [0.1, 0.15) is 73.3 Å². The summed E-state index contributed by atoms with van der Waals surface area (Å²) in [6.07, 6.45) is 1.54. The number of ketones is 1. The number of hydrogen-bond donors (Lipinski definition) is 5. The summed E-state index contributed by atoms with van der Waals surface area (Å²) in [6, 6.07) is 5.29. The topological polar surface area (TPSA) is 189 Å². The maximum Gasteiger partial charge on any atom is 0.407 e. The average molecular weight is 669 g/mol. The molecule has 1 unspecified atom stereocenters. The highest BCUT2D eigenvalue weighted by atomic mass is 16.5. The highest BCUT2D eigenvalue weighted by Gasteiger charge is 2.70. The molecule has 0 bridgehead atoms. The number of Topliss-reactive ketones (excluding diaryl/α,β-unsaturated/α-hetero) is 1. The zero-order chi connectivity index (χ0) is 35.6. The lowest BCUT2D eigenvalue weighted by Crippen LogP contribution is -2.62. The second kappa shape index (κ2) is 14.5. The summed E-state index contributed by atoms with van der Waals surface area (Å²) in [5, 5.41) is 11.2. The van der Waals surface area contributed by atoms with Gasteiger partial charge in [0.25, 0.3) is 5.91 Å². The van der Waals surface area contributed by atoms with Crippen LogP contribution in [0.2, 0.25) is 0 Å². The number of nitrogens with two attached hydrogens (primary N) is 1. The molecule has 6 amide bonds. The van der Waals surface area contributed by atoms with Gasteiger partial charge in [0.15, 0.2) is 0 Å². The van der Waals surface area contributed by atoms with Gasteiger partial charge in [-0.15, -0.1) is 0 Å². The molecule has 264 valence electrons. The van der Waals surface area contributed by atoms with Crippen molar-refractivity contribution in [2.75, 3.05) is 13.1 Å². The Labute approximate surface area is 282 Å². The van der Waals surface area contributed by atoms with Gasteiger partial charge in [-0.1, -0.05) is 91.6 Å². The normalized spacial score (nSPS) is 22.8. The average Bonchev–Trinajstić information content (AvgIpc) is 3.87. The Hall–Kier alpha value is -4.16. The van der Waals surface area contributed by atoms with Crippen LogP contribution in [0, 0.1) is 34.5 Å². The van der Waals surface area contributed by atoms with Gasteiger partial charge in [-0.25, -0.2) is 9.59 Å². The van der Waals surface area contributed by atoms with Gasteiger partial charge >= 0.3 is 12.1 Å². The van der Waals surface area contributed by atoms with Crippen LogP contribution in [0.4, 0.5) is 9.59 Å². The van der Waals surface area contributed by atoms with Crippen LogP contribution < -0.4 is 27.0 Å². The molecule has 6 N–H and O–H groups in total. The molecule has 0 aromatic heterocycles. The van der Waals surface area contributed by atoms with Crippen LogP contribution in [0.15, 0.2) is 30.3 Å². The van der Waals surface area contributed by atoms with Crippen LogP contribution in [0.5, 0.6) is 0 Å². The molecule has 2 aliphatic carbocycles. The number of hydrogen-bond acceptors (Lipinski definition) is 7. The van der Waals surface area contributed by atoms with E-state index >= 15 is 0 Å². The van der Waals surface area contributed by atoms with Crippen LogP contribution in [-0.2, 0) is 30.5 Å². The monoisotopic (exact) mass is 668 g/mol. The smallest absolute Gasteiger partial charge is 0.407 e. The molecule has 6 atom stereocenters. The molecular weight excluding hydrogens is 616 g/mol. The molecule has 4 rings (SSSR count). The van der Waals surface area contributed by atoms with E-state index in [-0.39, 0.29) is 42.2 Å². The standard InChI is InChI=1S/C35H52N6O7/c1-19(2)24(16-37-33(47)48-18-21-11-9-8-10-12-21)39-32(46)40-28(34(3,4)5)31(45)41-17-22-25(35(22,6)7)26(41)30(44)38-23(15-20-13-14-20)27(42)29(36)43/h8-12,19-20,22-26,28H,13-18H2,1-7H3,(H2,36,43)(H,37,47)(H,38,44)(H2,39,40,46)/t22-,23?,24-,25-,26-,28+/m0/s1. The minimum absolute atomic E-state index is 0.0679. The molecule has 3 fully saturated rings. The number of likely N-dealkylation sites (tertiary alicyclic amines) is 1. The molecule has 13 heteroatoms. The molecule has 1 aliphatic heterocycles. The Morgan fingerprint density at radius 3 is 2.21 bits per heavy atom. The molecule has 13 nitrogen and oxygen atoms in total. The number of fused-ring (bicyclic) bond motifs is 1. The number of amides is 6. The summed E-state index contributed by atoms with van der Waals surface area (Å²) < 4.78 is 5.28. The number of rotatable bonds is 14. The first-order valence-corrected chi connectivity index (χ1v) is 16.9. The van der Waals surface area contributed by atoms with E-state index in [9.17, 15) is 28.8 Å². The second-order valence-corrected chi connectivity index (χ2v) is 15.6. The lowest BCUT2D eigenvalue weighted by molar-refractivity contribution is -0.145. The largest absolute Gasteiger partial charge is 0.445 e. The quantitative estimate of drug-likeness (QED) is 0.188. The molecular formula is C35H52N6O7. The van der Waals surface area contributed by atoms with Crippen molar-refractivity contribution in [3.8, 4) is 0 Å². The molecule has 48 heavy (non-hydrogen) atoms. The highest BCUT2D eigenvalue weighted by molar-refractivity contribution is 6.37. The predicted molar refractivity (Wildman–Crippen MR) is 178 cm³/mol. The van der Waals surface area contributed by atoms with E-state index in [2.05, 4.69) is 21.3 Å². The Morgan fingerprint density at radius 2 is 1.65 bits per heavy atom. The number of carbonyl (C=O) groups is 6. The van der Waals surface area contributed by atoms with E-state index in [1.54, 1.807) is 0 Å². The van der Waals surface area contributed by atoms with E-state index in [1.165, 1.54) is 4.90 Å². The molecule has 1 saturated heterocycles. The third-order valence-corrected chi connectivity index (χ3v) is 10.1. The Balaban J connectivity index is 1.42. The summed E-state index contributed by atoms with van der Waals surface area (Å²) in [7, 11) is 0. The summed E-state index contributed by atoms with van der Waals surface area (Å²) in [5.74, 6) is -2.76. The van der Waals surface area contributed by atoms with Gasteiger partial charge in [0.2, 0.25) is 17.6 Å². The molecule has 1 aromatic rings. The van der Waals surface area contributed by atoms with Crippen molar-refractivity contribution in [3.63, 3.8) is 0 Å². The fourth-order valence-electron chi connectivity index (χ4n) is 6.74. The number of benzene rings is 1. The second-order valence-electron chi connectivity index (χ2n) is 15.6. The summed E-state index contributed by atoms with van der Waals surface area (Å²) in [5.41, 5.74) is 5.21. The van der Waals surface area contributed by atoms with Crippen molar-refractivity contribution < 1.29 is 33.5 Å². The number of nitrogens with one attached hydrogen (secondary N) is 4. The molecule has 1 heterocycles. The van der Waals surface area contributed by atoms with E-state index in [0.29, 0.717) is 13.0 Å². The lowest BCUT2D eigenvalue weighted by Gasteiger charge is -2.38. The number of alkyl carbamates (subject to hydrolysis) is 1. The molecule has 3 aliphatic rings. The van der Waals surface area contributed by atoms with Crippen molar-refractivity contribution in [2.24, 2.45) is 40.2 Å². The zero-order valence-corrected chi connectivity index (χ0v) is 29.1. The summed E-state index contributed by atoms with van der Waals surface area (Å²) >= 11 is 0. The van der Waals surface area contributed by atoms with E-state index < -0.39 is 65.2 Å². The van der Waals surface area contributed by atoms with Crippen LogP contribution in [-0.4, -0.2) is 77.8 Å². The maximum atomic E-state index is 14.2. The van der Waals surface area contributed by atoms with E-state index in [0.717, 1.165) is 18.4 Å². The van der Waals surface area contributed by atoms with Crippen LogP contribution >= 0.6 is 0 Å². The minimum atomic E-state index is -1.10. The number of urea groups is 1. The van der Waals surface area contributed by atoms with Gasteiger partial charge in [0.1, 0.15) is 18.7 Å². The van der Waals surface area contributed by atoms with Crippen molar-refractivity contribution >= 4 is 35.6 Å². The number of piperidine rings is 1. The predicted octanol–water partition coefficient (Wildman–Crippen LogP) is 2.47. The van der Waals surface area contributed by atoms with Crippen molar-refractivity contribution in [1.82, 2.24) is 26.2 Å².